The van der Waals surface area contributed by atoms with Gasteiger partial charge in [0.2, 0.25) is 0 Å². The fourth-order valence-electron chi connectivity index (χ4n) is 3.27. The molecular formula is C21H16ClFN2O3. The van der Waals surface area contributed by atoms with Crippen LogP contribution in [0.3, 0.4) is 0 Å². The van der Waals surface area contributed by atoms with Crippen molar-refractivity contribution in [1.82, 2.24) is 4.90 Å². The molecule has 0 fully saturated rings. The molecular weight excluding hydrogens is 383 g/mol. The third-order valence-corrected chi connectivity index (χ3v) is 5.00. The number of amides is 2. The number of fused-ring (bicyclic) bond motifs is 1. The van der Waals surface area contributed by atoms with Gasteiger partial charge in [-0.2, -0.15) is 0 Å². The summed E-state index contributed by atoms with van der Waals surface area (Å²) in [5, 5.41) is 2.72. The molecule has 0 bridgehead atoms. The summed E-state index contributed by atoms with van der Waals surface area (Å²) in [6, 6.07) is 12.9. The lowest BCUT2D eigenvalue weighted by Gasteiger charge is -2.28. The Bertz CT molecular complexity index is 1030. The van der Waals surface area contributed by atoms with Crippen molar-refractivity contribution in [2.75, 3.05) is 11.9 Å². The minimum Gasteiger partial charge on any atom is -0.459 e. The second-order valence-corrected chi connectivity index (χ2v) is 6.90. The predicted octanol–water partition coefficient (Wildman–Crippen LogP) is 4.52. The first-order valence-electron chi connectivity index (χ1n) is 8.73. The summed E-state index contributed by atoms with van der Waals surface area (Å²) in [5.74, 6) is -1.19. The lowest BCUT2D eigenvalue weighted by molar-refractivity contribution is 0.0702. The van der Waals surface area contributed by atoms with E-state index in [1.54, 1.807) is 29.2 Å². The lowest BCUT2D eigenvalue weighted by Crippen LogP contribution is -2.35. The SMILES string of the molecule is O=C(Nc1ccc2c(c1)CN(C(=O)c1ccco1)CC2)c1c(F)cccc1Cl. The molecule has 0 unspecified atom stereocenters. The number of halogens is 2. The fraction of sp³-hybridized carbons (Fsp3) is 0.143. The number of hydrogen-bond acceptors (Lipinski definition) is 3. The molecule has 3 aromatic rings. The van der Waals surface area contributed by atoms with Gasteiger partial charge in [0.15, 0.2) is 5.76 Å². The highest BCUT2D eigenvalue weighted by molar-refractivity contribution is 6.34. The minimum atomic E-state index is -0.682. The minimum absolute atomic E-state index is 0.0469. The maximum absolute atomic E-state index is 14.0. The van der Waals surface area contributed by atoms with Crippen LogP contribution in [-0.4, -0.2) is 23.3 Å². The van der Waals surface area contributed by atoms with Crippen LogP contribution in [0.5, 0.6) is 0 Å². The molecule has 28 heavy (non-hydrogen) atoms. The van der Waals surface area contributed by atoms with Gasteiger partial charge in [-0.25, -0.2) is 4.39 Å². The summed E-state index contributed by atoms with van der Waals surface area (Å²) >= 11 is 5.95. The van der Waals surface area contributed by atoms with Gasteiger partial charge >= 0.3 is 0 Å². The smallest absolute Gasteiger partial charge is 0.289 e. The number of anilines is 1. The molecule has 4 rings (SSSR count). The van der Waals surface area contributed by atoms with Crippen LogP contribution in [0, 0.1) is 5.82 Å². The average molecular weight is 399 g/mol. The number of hydrogen-bond donors (Lipinski definition) is 1. The van der Waals surface area contributed by atoms with Crippen LogP contribution in [0.25, 0.3) is 0 Å². The van der Waals surface area contributed by atoms with Crippen LogP contribution in [0.1, 0.15) is 32.0 Å². The van der Waals surface area contributed by atoms with Gasteiger partial charge in [-0.05, 0) is 53.9 Å². The van der Waals surface area contributed by atoms with Crippen LogP contribution < -0.4 is 5.32 Å². The highest BCUT2D eigenvalue weighted by Gasteiger charge is 2.24. The van der Waals surface area contributed by atoms with Gasteiger partial charge in [0.1, 0.15) is 5.82 Å². The summed E-state index contributed by atoms with van der Waals surface area (Å²) in [7, 11) is 0. The van der Waals surface area contributed by atoms with E-state index in [1.807, 2.05) is 6.07 Å². The number of nitrogens with zero attached hydrogens (tertiary/aromatic N) is 1. The number of nitrogens with one attached hydrogen (secondary N) is 1. The number of benzene rings is 2. The Labute approximate surface area is 165 Å². The van der Waals surface area contributed by atoms with E-state index in [1.165, 1.54) is 24.5 Å². The Morgan fingerprint density at radius 2 is 1.96 bits per heavy atom. The van der Waals surface area contributed by atoms with E-state index in [2.05, 4.69) is 5.32 Å². The van der Waals surface area contributed by atoms with E-state index in [4.69, 9.17) is 16.0 Å². The molecule has 0 saturated heterocycles. The second-order valence-electron chi connectivity index (χ2n) is 6.49. The number of carbonyl (C=O) groups excluding carboxylic acids is 2. The maximum Gasteiger partial charge on any atom is 0.289 e. The second kappa shape index (κ2) is 7.48. The van der Waals surface area contributed by atoms with Crippen molar-refractivity contribution >= 4 is 29.1 Å². The number of carbonyl (C=O) groups is 2. The van der Waals surface area contributed by atoms with Crippen molar-refractivity contribution in [2.45, 2.75) is 13.0 Å². The Morgan fingerprint density at radius 3 is 2.71 bits per heavy atom. The molecule has 0 aliphatic carbocycles. The van der Waals surface area contributed by atoms with Crippen LogP contribution in [0.2, 0.25) is 5.02 Å². The van der Waals surface area contributed by atoms with Gasteiger partial charge in [-0.15, -0.1) is 0 Å². The van der Waals surface area contributed by atoms with E-state index in [9.17, 15) is 14.0 Å². The van der Waals surface area contributed by atoms with Gasteiger partial charge < -0.3 is 14.6 Å². The van der Waals surface area contributed by atoms with Crippen molar-refractivity contribution in [2.24, 2.45) is 0 Å². The molecule has 1 aliphatic heterocycles. The third kappa shape index (κ3) is 3.51. The average Bonchev–Trinajstić information content (AvgIpc) is 3.21. The Kier molecular flexibility index (Phi) is 4.88. The van der Waals surface area contributed by atoms with E-state index >= 15 is 0 Å². The van der Waals surface area contributed by atoms with Gasteiger partial charge in [0.05, 0.1) is 16.8 Å². The Hall–Kier alpha value is -3.12. The first-order chi connectivity index (χ1) is 13.5. The monoisotopic (exact) mass is 398 g/mol. The molecule has 142 valence electrons. The quantitative estimate of drug-likeness (QED) is 0.705. The molecule has 7 heteroatoms. The zero-order valence-corrected chi connectivity index (χ0v) is 15.5. The van der Waals surface area contributed by atoms with Crippen LogP contribution >= 0.6 is 11.6 Å². The summed E-state index contributed by atoms with van der Waals surface area (Å²) in [5.41, 5.74) is 2.33. The number of furan rings is 1. The molecule has 2 amide bonds. The standard InChI is InChI=1S/C21H16ClFN2O3/c22-16-3-1-4-17(23)19(16)20(26)24-15-7-6-13-8-9-25(12-14(13)11-15)21(27)18-5-2-10-28-18/h1-7,10-11H,8-9,12H2,(H,24,26). The highest BCUT2D eigenvalue weighted by Crippen LogP contribution is 2.25. The molecule has 1 N–H and O–H groups in total. The molecule has 2 heterocycles. The normalized spacial score (nSPS) is 13.1. The van der Waals surface area contributed by atoms with Gasteiger partial charge in [-0.3, -0.25) is 9.59 Å². The van der Waals surface area contributed by atoms with Crippen LogP contribution in [0.4, 0.5) is 10.1 Å². The maximum atomic E-state index is 14.0. The van der Waals surface area contributed by atoms with E-state index in [0.29, 0.717) is 31.0 Å². The first kappa shape index (κ1) is 18.3. The number of rotatable bonds is 3. The third-order valence-electron chi connectivity index (χ3n) is 4.69. The van der Waals surface area contributed by atoms with Gasteiger partial charge in [-0.1, -0.05) is 23.7 Å². The fourth-order valence-corrected chi connectivity index (χ4v) is 3.52. The van der Waals surface area contributed by atoms with E-state index in [-0.39, 0.29) is 16.5 Å². The van der Waals surface area contributed by atoms with Crippen molar-refractivity contribution < 1.29 is 18.4 Å². The van der Waals surface area contributed by atoms with Crippen LogP contribution in [-0.2, 0) is 13.0 Å². The summed E-state index contributed by atoms with van der Waals surface area (Å²) in [4.78, 5) is 26.6. The van der Waals surface area contributed by atoms with Crippen molar-refractivity contribution in [1.29, 1.82) is 0 Å². The zero-order valence-electron chi connectivity index (χ0n) is 14.7. The molecule has 0 radical (unpaired) electrons. The van der Waals surface area contributed by atoms with E-state index < -0.39 is 11.7 Å². The zero-order chi connectivity index (χ0) is 19.7. The summed E-state index contributed by atoms with van der Waals surface area (Å²) < 4.78 is 19.1. The van der Waals surface area contributed by atoms with Gasteiger partial charge in [0.25, 0.3) is 11.8 Å². The van der Waals surface area contributed by atoms with Crippen molar-refractivity contribution in [3.05, 3.63) is 88.1 Å². The predicted molar refractivity (Wildman–Crippen MR) is 103 cm³/mol. The van der Waals surface area contributed by atoms with Crippen molar-refractivity contribution in [3.63, 3.8) is 0 Å². The molecule has 0 spiro atoms. The highest BCUT2D eigenvalue weighted by atomic mass is 35.5. The van der Waals surface area contributed by atoms with Crippen LogP contribution in [0.15, 0.2) is 59.2 Å². The Balaban J connectivity index is 1.53. The molecule has 1 aromatic heterocycles. The topological polar surface area (TPSA) is 62.6 Å². The van der Waals surface area contributed by atoms with Gasteiger partial charge in [0, 0.05) is 18.8 Å². The largest absolute Gasteiger partial charge is 0.459 e. The lowest BCUT2D eigenvalue weighted by atomic mass is 9.98. The van der Waals surface area contributed by atoms with Crippen molar-refractivity contribution in [3.8, 4) is 0 Å². The first-order valence-corrected chi connectivity index (χ1v) is 9.10. The van der Waals surface area contributed by atoms with E-state index in [0.717, 1.165) is 11.1 Å². The molecule has 1 aliphatic rings. The summed E-state index contributed by atoms with van der Waals surface area (Å²) in [6.45, 7) is 0.988. The molecule has 0 saturated carbocycles. The molecule has 2 aromatic carbocycles. The molecule has 0 atom stereocenters. The Morgan fingerprint density at radius 1 is 1.11 bits per heavy atom. The summed E-state index contributed by atoms with van der Waals surface area (Å²) in [6.07, 6.45) is 2.17. The molecule has 5 nitrogen and oxygen atoms in total.